The van der Waals surface area contributed by atoms with E-state index in [1.165, 1.54) is 12.1 Å². The third kappa shape index (κ3) is 5.36. The van der Waals surface area contributed by atoms with E-state index in [9.17, 15) is 9.18 Å². The molecule has 0 saturated carbocycles. The standard InChI is InChI=1S/C36H40FN3O4/c1-6-43-36(41)35-31(23(3)16-19-44-30-11-9-10-25-20-26(37)13-15-27(25)30)28-14-12-22(2)32-33-24(4)39(5)38-29(33)21-42-18-8-7-17-40(35)34(28)32/h9-15,20,23H,6-8,16-19,21H2,1-5H3. The molecule has 1 aliphatic rings. The third-order valence-electron chi connectivity index (χ3n) is 8.86. The van der Waals surface area contributed by atoms with Crippen molar-refractivity contribution < 1.29 is 23.4 Å². The van der Waals surface area contributed by atoms with Crippen LogP contribution in [-0.4, -0.2) is 40.1 Å². The largest absolute Gasteiger partial charge is 0.493 e. The Morgan fingerprint density at radius 2 is 1.91 bits per heavy atom. The highest BCUT2D eigenvalue weighted by molar-refractivity contribution is 6.06. The minimum Gasteiger partial charge on any atom is -0.493 e. The number of carbonyl (C=O) groups is 1. The van der Waals surface area contributed by atoms with Crippen molar-refractivity contribution in [3.8, 4) is 16.9 Å². The van der Waals surface area contributed by atoms with E-state index in [1.807, 2.05) is 36.9 Å². The van der Waals surface area contributed by atoms with Crippen molar-refractivity contribution in [3.05, 3.63) is 82.6 Å². The zero-order valence-corrected chi connectivity index (χ0v) is 26.2. The molecule has 0 spiro atoms. The molecule has 44 heavy (non-hydrogen) atoms. The lowest BCUT2D eigenvalue weighted by Gasteiger charge is -2.16. The molecule has 1 atom stereocenters. The number of esters is 1. The summed E-state index contributed by atoms with van der Waals surface area (Å²) in [4.78, 5) is 13.8. The molecular weight excluding hydrogens is 557 g/mol. The monoisotopic (exact) mass is 597 g/mol. The van der Waals surface area contributed by atoms with E-state index in [-0.39, 0.29) is 17.7 Å². The van der Waals surface area contributed by atoms with E-state index in [2.05, 4.69) is 37.5 Å². The van der Waals surface area contributed by atoms with Crippen LogP contribution in [0.5, 0.6) is 5.75 Å². The molecule has 1 aliphatic heterocycles. The quantitative estimate of drug-likeness (QED) is 0.178. The van der Waals surface area contributed by atoms with Crippen molar-refractivity contribution in [2.24, 2.45) is 7.05 Å². The second kappa shape index (κ2) is 12.4. The van der Waals surface area contributed by atoms with Gasteiger partial charge in [-0.05, 0) is 86.7 Å². The van der Waals surface area contributed by atoms with Crippen molar-refractivity contribution in [3.63, 3.8) is 0 Å². The van der Waals surface area contributed by atoms with E-state index in [1.54, 1.807) is 6.07 Å². The number of carbonyl (C=O) groups excluding carboxylic acids is 1. The molecule has 0 aliphatic carbocycles. The number of nitrogens with zero attached hydrogens (tertiary/aromatic N) is 3. The van der Waals surface area contributed by atoms with Crippen LogP contribution in [0, 0.1) is 19.7 Å². The Hall–Kier alpha value is -4.17. The van der Waals surface area contributed by atoms with E-state index < -0.39 is 0 Å². The molecule has 230 valence electrons. The number of aryl methyl sites for hydroxylation is 3. The third-order valence-corrected chi connectivity index (χ3v) is 8.86. The van der Waals surface area contributed by atoms with Crippen LogP contribution in [0.1, 0.15) is 72.0 Å². The first-order chi connectivity index (χ1) is 21.3. The summed E-state index contributed by atoms with van der Waals surface area (Å²) in [7, 11) is 1.96. The summed E-state index contributed by atoms with van der Waals surface area (Å²) < 4.78 is 36.0. The zero-order valence-electron chi connectivity index (χ0n) is 26.2. The minimum atomic E-state index is -0.305. The summed E-state index contributed by atoms with van der Waals surface area (Å²) in [6.07, 6.45) is 2.42. The van der Waals surface area contributed by atoms with Crippen LogP contribution >= 0.6 is 0 Å². The van der Waals surface area contributed by atoms with Crippen molar-refractivity contribution in [1.82, 2.24) is 14.3 Å². The maximum absolute atomic E-state index is 13.8. The van der Waals surface area contributed by atoms with Crippen LogP contribution in [0.25, 0.3) is 32.8 Å². The van der Waals surface area contributed by atoms with Crippen molar-refractivity contribution in [2.75, 3.05) is 19.8 Å². The second-order valence-corrected chi connectivity index (χ2v) is 11.7. The van der Waals surface area contributed by atoms with Gasteiger partial charge < -0.3 is 18.8 Å². The summed E-state index contributed by atoms with van der Waals surface area (Å²) in [5.74, 6) is 0.136. The van der Waals surface area contributed by atoms with Crippen LogP contribution in [0.2, 0.25) is 0 Å². The highest BCUT2D eigenvalue weighted by atomic mass is 19.1. The van der Waals surface area contributed by atoms with Gasteiger partial charge in [0.2, 0.25) is 0 Å². The molecule has 0 N–H and O–H groups in total. The Morgan fingerprint density at radius 1 is 1.09 bits per heavy atom. The van der Waals surface area contributed by atoms with E-state index in [0.29, 0.717) is 45.1 Å². The number of hydrogen-bond acceptors (Lipinski definition) is 5. The predicted octanol–water partition coefficient (Wildman–Crippen LogP) is 8.01. The number of benzene rings is 3. The summed E-state index contributed by atoms with van der Waals surface area (Å²) in [5, 5.41) is 7.56. The fourth-order valence-corrected chi connectivity index (χ4v) is 6.62. The van der Waals surface area contributed by atoms with Crippen molar-refractivity contribution in [2.45, 2.75) is 66.0 Å². The van der Waals surface area contributed by atoms with Gasteiger partial charge >= 0.3 is 5.97 Å². The lowest BCUT2D eigenvalue weighted by Crippen LogP contribution is -2.16. The van der Waals surface area contributed by atoms with Gasteiger partial charge in [-0.15, -0.1) is 0 Å². The van der Waals surface area contributed by atoms with E-state index in [0.717, 1.165) is 73.9 Å². The second-order valence-electron chi connectivity index (χ2n) is 11.7. The Balaban J connectivity index is 1.47. The first kappa shape index (κ1) is 29.9. The lowest BCUT2D eigenvalue weighted by atomic mass is 9.91. The van der Waals surface area contributed by atoms with Gasteiger partial charge in [-0.25, -0.2) is 9.18 Å². The van der Waals surface area contributed by atoms with Crippen LogP contribution < -0.4 is 4.74 Å². The van der Waals surface area contributed by atoms with Gasteiger partial charge in [-0.3, -0.25) is 4.68 Å². The first-order valence-corrected chi connectivity index (χ1v) is 15.5. The van der Waals surface area contributed by atoms with Gasteiger partial charge in [0.25, 0.3) is 0 Å². The van der Waals surface area contributed by atoms with Crippen LogP contribution in [0.4, 0.5) is 4.39 Å². The maximum Gasteiger partial charge on any atom is 0.355 e. The topological polar surface area (TPSA) is 67.5 Å². The fraction of sp³-hybridized carbons (Fsp3) is 0.389. The highest BCUT2D eigenvalue weighted by Gasteiger charge is 2.31. The van der Waals surface area contributed by atoms with Crippen LogP contribution in [0.15, 0.2) is 48.5 Å². The van der Waals surface area contributed by atoms with Gasteiger partial charge in [-0.1, -0.05) is 31.2 Å². The smallest absolute Gasteiger partial charge is 0.355 e. The summed E-state index contributed by atoms with van der Waals surface area (Å²) in [6, 6.07) is 14.7. The molecule has 0 radical (unpaired) electrons. The average molecular weight is 598 g/mol. The normalized spacial score (nSPS) is 14.3. The number of halogens is 1. The predicted molar refractivity (Wildman–Crippen MR) is 171 cm³/mol. The molecule has 0 saturated heterocycles. The van der Waals surface area contributed by atoms with Crippen molar-refractivity contribution >= 4 is 27.6 Å². The van der Waals surface area contributed by atoms with Gasteiger partial charge in [0.05, 0.1) is 31.0 Å². The van der Waals surface area contributed by atoms with Crippen molar-refractivity contribution in [1.29, 1.82) is 0 Å². The Kier molecular flexibility index (Phi) is 8.45. The van der Waals surface area contributed by atoms with Gasteiger partial charge in [-0.2, -0.15) is 5.10 Å². The summed E-state index contributed by atoms with van der Waals surface area (Å²) in [6.45, 7) is 10.7. The van der Waals surface area contributed by atoms with E-state index in [4.69, 9.17) is 19.3 Å². The molecular formula is C36H40FN3O4. The number of hydrogen-bond donors (Lipinski definition) is 0. The minimum absolute atomic E-state index is 0.00756. The highest BCUT2D eigenvalue weighted by Crippen LogP contribution is 2.43. The van der Waals surface area contributed by atoms with E-state index >= 15 is 0 Å². The number of aromatic nitrogens is 3. The average Bonchev–Trinajstić information content (AvgIpc) is 3.46. The molecule has 8 heteroatoms. The molecule has 3 heterocycles. The molecule has 3 aromatic carbocycles. The molecule has 1 unspecified atom stereocenters. The molecule has 5 aromatic rings. The Labute approximate surface area is 257 Å². The Morgan fingerprint density at radius 3 is 2.73 bits per heavy atom. The molecule has 0 amide bonds. The first-order valence-electron chi connectivity index (χ1n) is 15.5. The fourth-order valence-electron chi connectivity index (χ4n) is 6.62. The maximum atomic E-state index is 13.8. The summed E-state index contributed by atoms with van der Waals surface area (Å²) in [5.41, 5.74) is 7.90. The van der Waals surface area contributed by atoms with Crippen LogP contribution in [-0.2, 0) is 29.7 Å². The number of ether oxygens (including phenoxy) is 3. The summed E-state index contributed by atoms with van der Waals surface area (Å²) >= 11 is 0. The number of rotatable bonds is 7. The molecule has 0 bridgehead atoms. The van der Waals surface area contributed by atoms with Gasteiger partial charge in [0.1, 0.15) is 17.3 Å². The molecule has 2 aromatic heterocycles. The SMILES string of the molecule is CCOC(=O)c1c(C(C)CCOc2cccc3cc(F)ccc23)c2ccc(C)c3c2n1CCCCOCc1nn(C)c(C)c1-3. The van der Waals surface area contributed by atoms with Gasteiger partial charge in [0.15, 0.2) is 0 Å². The zero-order chi connectivity index (χ0) is 31.0. The van der Waals surface area contributed by atoms with Crippen LogP contribution in [0.3, 0.4) is 0 Å². The molecule has 0 fully saturated rings. The Bertz CT molecular complexity index is 1850. The van der Waals surface area contributed by atoms with Gasteiger partial charge in [0, 0.05) is 47.8 Å². The molecule has 7 nitrogen and oxygen atoms in total. The lowest BCUT2D eigenvalue weighted by molar-refractivity contribution is 0.0511. The number of fused-ring (bicyclic) bond motifs is 3. The molecule has 6 rings (SSSR count).